The number of aryl methyl sites for hydroxylation is 1. The second-order valence-corrected chi connectivity index (χ2v) is 4.56. The van der Waals surface area contributed by atoms with Crippen LogP contribution in [0, 0.1) is 0 Å². The molecule has 1 heterocycles. The summed E-state index contributed by atoms with van der Waals surface area (Å²) >= 11 is 0. The van der Waals surface area contributed by atoms with Crippen LogP contribution in [0.25, 0.3) is 0 Å². The number of pyridine rings is 1. The Morgan fingerprint density at radius 3 is 2.62 bits per heavy atom. The lowest BCUT2D eigenvalue weighted by atomic mass is 10.1. The van der Waals surface area contributed by atoms with Gasteiger partial charge in [-0.3, -0.25) is 0 Å². The van der Waals surface area contributed by atoms with E-state index in [4.69, 9.17) is 10.5 Å². The van der Waals surface area contributed by atoms with Gasteiger partial charge in [-0.15, -0.1) is 0 Å². The molecule has 1 aromatic heterocycles. The highest BCUT2D eigenvalue weighted by Gasteiger charge is 2.14. The summed E-state index contributed by atoms with van der Waals surface area (Å²) in [5.41, 5.74) is 8.55. The topological polar surface area (TPSA) is 77.2 Å². The molecule has 5 heteroatoms. The van der Waals surface area contributed by atoms with Gasteiger partial charge >= 0.3 is 5.97 Å². The van der Waals surface area contributed by atoms with Gasteiger partial charge in [0.15, 0.2) is 0 Å². The molecule has 0 saturated carbocycles. The van der Waals surface area contributed by atoms with Gasteiger partial charge in [-0.25, -0.2) is 9.78 Å². The zero-order valence-electron chi connectivity index (χ0n) is 12.2. The first-order valence-electron chi connectivity index (χ1n) is 6.92. The molecule has 0 atom stereocenters. The summed E-state index contributed by atoms with van der Waals surface area (Å²) in [6, 6.07) is 9.53. The Bertz CT molecular complexity index is 624. The van der Waals surface area contributed by atoms with Gasteiger partial charge in [0.2, 0.25) is 0 Å². The molecule has 0 aliphatic carbocycles. The monoisotopic (exact) mass is 285 g/mol. The smallest absolute Gasteiger partial charge is 0.341 e. The summed E-state index contributed by atoms with van der Waals surface area (Å²) in [6.45, 7) is 4.16. The van der Waals surface area contributed by atoms with Crippen molar-refractivity contribution in [2.75, 3.05) is 17.7 Å². The molecule has 2 aromatic rings. The first-order valence-corrected chi connectivity index (χ1v) is 6.92. The second kappa shape index (κ2) is 6.74. The summed E-state index contributed by atoms with van der Waals surface area (Å²) in [4.78, 5) is 16.1. The third-order valence-electron chi connectivity index (χ3n) is 3.03. The molecule has 2 rings (SSSR count). The van der Waals surface area contributed by atoms with Gasteiger partial charge in [0.1, 0.15) is 11.4 Å². The summed E-state index contributed by atoms with van der Waals surface area (Å²) in [6.07, 6.45) is 2.49. The van der Waals surface area contributed by atoms with Crippen LogP contribution in [-0.4, -0.2) is 17.6 Å². The summed E-state index contributed by atoms with van der Waals surface area (Å²) < 4.78 is 5.02. The zero-order chi connectivity index (χ0) is 15.2. The van der Waals surface area contributed by atoms with E-state index in [1.165, 1.54) is 11.8 Å². The van der Waals surface area contributed by atoms with Crippen LogP contribution in [0.5, 0.6) is 0 Å². The number of nitrogens with zero attached hydrogens (tertiary/aromatic N) is 1. The standard InChI is InChI=1S/C16H19N3O2/c1-3-11-5-7-13(8-6-11)19-15-14(16(20)21-4-2)9-12(17)10-18-15/h5-10H,3-4,17H2,1-2H3,(H,18,19). The van der Waals surface area contributed by atoms with Crippen molar-refractivity contribution in [3.05, 3.63) is 47.7 Å². The van der Waals surface area contributed by atoms with E-state index in [2.05, 4.69) is 17.2 Å². The number of hydrogen-bond donors (Lipinski definition) is 2. The third-order valence-corrected chi connectivity index (χ3v) is 3.03. The normalized spacial score (nSPS) is 10.2. The largest absolute Gasteiger partial charge is 0.462 e. The van der Waals surface area contributed by atoms with Crippen molar-refractivity contribution < 1.29 is 9.53 Å². The molecule has 0 aliphatic heterocycles. The Balaban J connectivity index is 2.27. The van der Waals surface area contributed by atoms with Crippen molar-refractivity contribution in [1.82, 2.24) is 4.98 Å². The first kappa shape index (κ1) is 14.8. The SMILES string of the molecule is CCOC(=O)c1cc(N)cnc1Nc1ccc(CC)cc1. The molecule has 3 N–H and O–H groups in total. The van der Waals surface area contributed by atoms with Crippen molar-refractivity contribution in [3.63, 3.8) is 0 Å². The number of anilines is 3. The van der Waals surface area contributed by atoms with Crippen molar-refractivity contribution in [1.29, 1.82) is 0 Å². The molecule has 1 aromatic carbocycles. The molecule has 0 amide bonds. The van der Waals surface area contributed by atoms with Crippen LogP contribution >= 0.6 is 0 Å². The van der Waals surface area contributed by atoms with E-state index >= 15 is 0 Å². The minimum absolute atomic E-state index is 0.304. The molecule has 0 bridgehead atoms. The minimum Gasteiger partial charge on any atom is -0.462 e. The Hall–Kier alpha value is -2.56. The molecule has 0 unspecified atom stereocenters. The number of nitrogens with one attached hydrogen (secondary N) is 1. The van der Waals surface area contributed by atoms with E-state index < -0.39 is 5.97 Å². The Morgan fingerprint density at radius 2 is 2.00 bits per heavy atom. The van der Waals surface area contributed by atoms with Crippen molar-refractivity contribution >= 4 is 23.2 Å². The number of benzene rings is 1. The highest BCUT2D eigenvalue weighted by molar-refractivity contribution is 5.96. The maximum Gasteiger partial charge on any atom is 0.341 e. The van der Waals surface area contributed by atoms with Gasteiger partial charge in [-0.05, 0) is 37.1 Å². The predicted octanol–water partition coefficient (Wildman–Crippen LogP) is 3.15. The van der Waals surface area contributed by atoms with Gasteiger partial charge in [-0.1, -0.05) is 19.1 Å². The highest BCUT2D eigenvalue weighted by atomic mass is 16.5. The first-order chi connectivity index (χ1) is 10.1. The highest BCUT2D eigenvalue weighted by Crippen LogP contribution is 2.22. The summed E-state index contributed by atoms with van der Waals surface area (Å²) in [5, 5.41) is 3.12. The fourth-order valence-corrected chi connectivity index (χ4v) is 1.91. The zero-order valence-corrected chi connectivity index (χ0v) is 12.2. The van der Waals surface area contributed by atoms with Gasteiger partial charge in [-0.2, -0.15) is 0 Å². The van der Waals surface area contributed by atoms with E-state index in [1.54, 1.807) is 13.0 Å². The van der Waals surface area contributed by atoms with Gasteiger partial charge in [0, 0.05) is 5.69 Å². The van der Waals surface area contributed by atoms with Gasteiger partial charge < -0.3 is 15.8 Å². The molecular weight excluding hydrogens is 266 g/mol. The molecule has 21 heavy (non-hydrogen) atoms. The Kier molecular flexibility index (Phi) is 4.77. The average Bonchev–Trinajstić information content (AvgIpc) is 2.50. The van der Waals surface area contributed by atoms with Crippen molar-refractivity contribution in [2.24, 2.45) is 0 Å². The number of rotatable bonds is 5. The maximum absolute atomic E-state index is 12.0. The number of nitrogen functional groups attached to an aromatic ring is 1. The maximum atomic E-state index is 12.0. The van der Waals surface area contributed by atoms with E-state index in [1.807, 2.05) is 24.3 Å². The Labute approximate surface area is 124 Å². The lowest BCUT2D eigenvalue weighted by molar-refractivity contribution is 0.0527. The fraction of sp³-hybridized carbons (Fsp3) is 0.250. The molecule has 0 aliphatic rings. The molecule has 5 nitrogen and oxygen atoms in total. The number of aromatic nitrogens is 1. The van der Waals surface area contributed by atoms with Crippen LogP contribution < -0.4 is 11.1 Å². The molecular formula is C16H19N3O2. The van der Waals surface area contributed by atoms with Crippen molar-refractivity contribution in [2.45, 2.75) is 20.3 Å². The Morgan fingerprint density at radius 1 is 1.29 bits per heavy atom. The molecule has 0 radical (unpaired) electrons. The van der Waals surface area contributed by atoms with Crippen LogP contribution in [0.2, 0.25) is 0 Å². The van der Waals surface area contributed by atoms with E-state index in [0.717, 1.165) is 12.1 Å². The van der Waals surface area contributed by atoms with Crippen molar-refractivity contribution in [3.8, 4) is 0 Å². The predicted molar refractivity (Wildman–Crippen MR) is 83.7 cm³/mol. The fourth-order valence-electron chi connectivity index (χ4n) is 1.91. The van der Waals surface area contributed by atoms with E-state index in [0.29, 0.717) is 23.7 Å². The van der Waals surface area contributed by atoms with Crippen LogP contribution in [0.3, 0.4) is 0 Å². The molecule has 0 spiro atoms. The molecule has 110 valence electrons. The van der Waals surface area contributed by atoms with Gasteiger partial charge in [0.25, 0.3) is 0 Å². The lowest BCUT2D eigenvalue weighted by Crippen LogP contribution is -2.10. The van der Waals surface area contributed by atoms with Crippen LogP contribution in [0.4, 0.5) is 17.2 Å². The van der Waals surface area contributed by atoms with E-state index in [9.17, 15) is 4.79 Å². The number of carbonyl (C=O) groups is 1. The van der Waals surface area contributed by atoms with Crippen LogP contribution in [0.15, 0.2) is 36.5 Å². The lowest BCUT2D eigenvalue weighted by Gasteiger charge is -2.11. The average molecular weight is 285 g/mol. The minimum atomic E-state index is -0.440. The molecule has 0 fully saturated rings. The van der Waals surface area contributed by atoms with Crippen LogP contribution in [-0.2, 0) is 11.2 Å². The summed E-state index contributed by atoms with van der Waals surface area (Å²) in [5.74, 6) is -0.00289. The number of ether oxygens (including phenoxy) is 1. The van der Waals surface area contributed by atoms with E-state index in [-0.39, 0.29) is 0 Å². The number of esters is 1. The van der Waals surface area contributed by atoms with Crippen LogP contribution in [0.1, 0.15) is 29.8 Å². The van der Waals surface area contributed by atoms with Gasteiger partial charge in [0.05, 0.1) is 18.5 Å². The number of nitrogens with two attached hydrogens (primary N) is 1. The number of carbonyl (C=O) groups excluding carboxylic acids is 1. The molecule has 0 saturated heterocycles. The second-order valence-electron chi connectivity index (χ2n) is 4.56. The quantitative estimate of drug-likeness (QED) is 0.825. The third kappa shape index (κ3) is 3.72. The number of hydrogen-bond acceptors (Lipinski definition) is 5. The summed E-state index contributed by atoms with van der Waals surface area (Å²) in [7, 11) is 0.